The van der Waals surface area contributed by atoms with Crippen molar-refractivity contribution in [1.29, 1.82) is 0 Å². The zero-order chi connectivity index (χ0) is 13.0. The first-order valence-corrected chi connectivity index (χ1v) is 6.13. The van der Waals surface area contributed by atoms with Gasteiger partial charge in [0, 0.05) is 24.8 Å². The van der Waals surface area contributed by atoms with Gasteiger partial charge < -0.3 is 4.74 Å². The predicted molar refractivity (Wildman–Crippen MR) is 71.7 cm³/mol. The van der Waals surface area contributed by atoms with Crippen LogP contribution in [0.5, 0.6) is 0 Å². The van der Waals surface area contributed by atoms with Gasteiger partial charge in [0.15, 0.2) is 5.82 Å². The highest BCUT2D eigenvalue weighted by molar-refractivity contribution is 6.30. The molecular weight excluding hydrogens is 248 g/mol. The molecule has 0 unspecified atom stereocenters. The average Bonchev–Trinajstić information content (AvgIpc) is 2.36. The summed E-state index contributed by atoms with van der Waals surface area (Å²) >= 11 is 6.21. The summed E-state index contributed by atoms with van der Waals surface area (Å²) in [4.78, 5) is 8.65. The van der Waals surface area contributed by atoms with E-state index in [4.69, 9.17) is 16.3 Å². The molecule has 0 N–H and O–H groups in total. The SMILES string of the molecule is COCc1nc(C)c(Cc2ccccc2)c(Cl)n1. The number of rotatable bonds is 4. The van der Waals surface area contributed by atoms with E-state index in [1.807, 2.05) is 25.1 Å². The molecular formula is C14H15ClN2O. The van der Waals surface area contributed by atoms with Crippen LogP contribution in [0.4, 0.5) is 0 Å². The molecule has 0 bridgehead atoms. The molecule has 0 saturated carbocycles. The highest BCUT2D eigenvalue weighted by atomic mass is 35.5. The van der Waals surface area contributed by atoms with Crippen molar-refractivity contribution < 1.29 is 4.74 Å². The van der Waals surface area contributed by atoms with E-state index >= 15 is 0 Å². The molecule has 1 aromatic carbocycles. The molecule has 0 aliphatic heterocycles. The molecule has 2 rings (SSSR count). The van der Waals surface area contributed by atoms with Crippen molar-refractivity contribution in [2.24, 2.45) is 0 Å². The zero-order valence-corrected chi connectivity index (χ0v) is 11.2. The normalized spacial score (nSPS) is 10.6. The Bertz CT molecular complexity index is 506. The molecule has 0 fully saturated rings. The number of nitrogens with zero attached hydrogens (tertiary/aromatic N) is 2. The quantitative estimate of drug-likeness (QED) is 0.794. The van der Waals surface area contributed by atoms with Crippen LogP contribution in [0, 0.1) is 6.92 Å². The lowest BCUT2D eigenvalue weighted by Gasteiger charge is -2.09. The third kappa shape index (κ3) is 3.06. The minimum atomic E-state index is 0.381. The van der Waals surface area contributed by atoms with Crippen molar-refractivity contribution in [2.75, 3.05) is 7.11 Å². The van der Waals surface area contributed by atoms with E-state index in [9.17, 15) is 0 Å². The first kappa shape index (κ1) is 13.0. The number of hydrogen-bond donors (Lipinski definition) is 0. The Labute approximate surface area is 112 Å². The van der Waals surface area contributed by atoms with Crippen molar-refractivity contribution >= 4 is 11.6 Å². The minimum absolute atomic E-state index is 0.381. The number of aryl methyl sites for hydroxylation is 1. The molecule has 2 aromatic rings. The topological polar surface area (TPSA) is 35.0 Å². The maximum absolute atomic E-state index is 6.21. The Morgan fingerprint density at radius 3 is 2.50 bits per heavy atom. The largest absolute Gasteiger partial charge is 0.377 e. The first-order valence-electron chi connectivity index (χ1n) is 5.75. The molecule has 0 saturated heterocycles. The predicted octanol–water partition coefficient (Wildman–Crippen LogP) is 3.18. The van der Waals surface area contributed by atoms with Gasteiger partial charge in [0.05, 0.1) is 0 Å². The lowest BCUT2D eigenvalue weighted by Crippen LogP contribution is -2.04. The van der Waals surface area contributed by atoms with Crippen LogP contribution in [0.2, 0.25) is 5.15 Å². The number of aromatic nitrogens is 2. The second-order valence-electron chi connectivity index (χ2n) is 4.09. The summed E-state index contributed by atoms with van der Waals surface area (Å²) in [5.74, 6) is 0.622. The van der Waals surface area contributed by atoms with Crippen molar-refractivity contribution in [1.82, 2.24) is 9.97 Å². The summed E-state index contributed by atoms with van der Waals surface area (Å²) in [5, 5.41) is 0.512. The van der Waals surface area contributed by atoms with Gasteiger partial charge in [-0.05, 0) is 12.5 Å². The standard InChI is InChI=1S/C14H15ClN2O/c1-10-12(8-11-6-4-3-5-7-11)14(15)17-13(16-10)9-18-2/h3-7H,8-9H2,1-2H3. The summed E-state index contributed by atoms with van der Waals surface area (Å²) in [6, 6.07) is 10.2. The van der Waals surface area contributed by atoms with Crippen LogP contribution in [0.1, 0.15) is 22.6 Å². The van der Waals surface area contributed by atoms with Crippen LogP contribution < -0.4 is 0 Å². The van der Waals surface area contributed by atoms with E-state index in [-0.39, 0.29) is 0 Å². The Morgan fingerprint density at radius 1 is 1.17 bits per heavy atom. The lowest BCUT2D eigenvalue weighted by atomic mass is 10.1. The zero-order valence-electron chi connectivity index (χ0n) is 10.5. The third-order valence-corrected chi connectivity index (χ3v) is 3.02. The molecule has 0 atom stereocenters. The van der Waals surface area contributed by atoms with Crippen molar-refractivity contribution in [3.63, 3.8) is 0 Å². The van der Waals surface area contributed by atoms with Crippen molar-refractivity contribution in [3.05, 3.63) is 58.1 Å². The molecule has 18 heavy (non-hydrogen) atoms. The first-order chi connectivity index (χ1) is 8.70. The molecule has 1 heterocycles. The molecule has 0 radical (unpaired) electrons. The van der Waals surface area contributed by atoms with Gasteiger partial charge in [0.25, 0.3) is 0 Å². The number of methoxy groups -OCH3 is 1. The van der Waals surface area contributed by atoms with E-state index in [2.05, 4.69) is 22.1 Å². The molecule has 0 spiro atoms. The molecule has 3 nitrogen and oxygen atoms in total. The van der Waals surface area contributed by atoms with Crippen LogP contribution in [0.3, 0.4) is 0 Å². The molecule has 1 aromatic heterocycles. The maximum atomic E-state index is 6.21. The van der Waals surface area contributed by atoms with E-state index in [0.29, 0.717) is 17.6 Å². The molecule has 4 heteroatoms. The number of ether oxygens (including phenoxy) is 1. The van der Waals surface area contributed by atoms with Crippen LogP contribution in [-0.4, -0.2) is 17.1 Å². The smallest absolute Gasteiger partial charge is 0.155 e. The second-order valence-corrected chi connectivity index (χ2v) is 4.45. The van der Waals surface area contributed by atoms with E-state index < -0.39 is 0 Å². The fraction of sp³-hybridized carbons (Fsp3) is 0.286. The molecule has 0 aliphatic carbocycles. The number of benzene rings is 1. The Kier molecular flexibility index (Phi) is 4.28. The Hall–Kier alpha value is -1.45. The summed E-state index contributed by atoms with van der Waals surface area (Å²) < 4.78 is 5.01. The Morgan fingerprint density at radius 2 is 1.89 bits per heavy atom. The van der Waals surface area contributed by atoms with Gasteiger partial charge in [0.2, 0.25) is 0 Å². The average molecular weight is 263 g/mol. The van der Waals surface area contributed by atoms with Crippen LogP contribution in [0.15, 0.2) is 30.3 Å². The van der Waals surface area contributed by atoms with Crippen molar-refractivity contribution in [3.8, 4) is 0 Å². The minimum Gasteiger partial charge on any atom is -0.377 e. The monoisotopic (exact) mass is 262 g/mol. The number of hydrogen-bond acceptors (Lipinski definition) is 3. The van der Waals surface area contributed by atoms with Gasteiger partial charge >= 0.3 is 0 Å². The third-order valence-electron chi connectivity index (χ3n) is 2.71. The fourth-order valence-corrected chi connectivity index (χ4v) is 2.11. The highest BCUT2D eigenvalue weighted by Crippen LogP contribution is 2.20. The van der Waals surface area contributed by atoms with Gasteiger partial charge in [-0.3, -0.25) is 0 Å². The van der Waals surface area contributed by atoms with E-state index in [0.717, 1.165) is 17.7 Å². The summed E-state index contributed by atoms with van der Waals surface area (Å²) in [6.07, 6.45) is 0.749. The van der Waals surface area contributed by atoms with Gasteiger partial charge in [-0.25, -0.2) is 9.97 Å². The lowest BCUT2D eigenvalue weighted by molar-refractivity contribution is 0.177. The van der Waals surface area contributed by atoms with Crippen LogP contribution >= 0.6 is 11.6 Å². The second kappa shape index (κ2) is 5.94. The fourth-order valence-electron chi connectivity index (χ4n) is 1.81. The van der Waals surface area contributed by atoms with Gasteiger partial charge in [0.1, 0.15) is 11.8 Å². The Balaban J connectivity index is 2.28. The van der Waals surface area contributed by atoms with Gasteiger partial charge in [-0.1, -0.05) is 41.9 Å². The summed E-state index contributed by atoms with van der Waals surface area (Å²) in [7, 11) is 1.62. The summed E-state index contributed by atoms with van der Waals surface area (Å²) in [6.45, 7) is 2.33. The summed E-state index contributed by atoms with van der Waals surface area (Å²) in [5.41, 5.74) is 3.08. The number of halogens is 1. The molecule has 0 amide bonds. The molecule has 94 valence electrons. The van der Waals surface area contributed by atoms with Crippen LogP contribution in [0.25, 0.3) is 0 Å². The highest BCUT2D eigenvalue weighted by Gasteiger charge is 2.10. The van der Waals surface area contributed by atoms with Gasteiger partial charge in [-0.15, -0.1) is 0 Å². The van der Waals surface area contributed by atoms with E-state index in [1.165, 1.54) is 5.56 Å². The van der Waals surface area contributed by atoms with Crippen LogP contribution in [-0.2, 0) is 17.8 Å². The van der Waals surface area contributed by atoms with Gasteiger partial charge in [-0.2, -0.15) is 0 Å². The maximum Gasteiger partial charge on any atom is 0.155 e. The molecule has 0 aliphatic rings. The van der Waals surface area contributed by atoms with Crippen molar-refractivity contribution in [2.45, 2.75) is 20.0 Å². The van der Waals surface area contributed by atoms with E-state index in [1.54, 1.807) is 7.11 Å².